The molecule has 0 radical (unpaired) electrons. The number of pyridine rings is 1. The van der Waals surface area contributed by atoms with E-state index in [-0.39, 0.29) is 12.0 Å². The lowest BCUT2D eigenvalue weighted by molar-refractivity contribution is -0.123. The Morgan fingerprint density at radius 1 is 1.52 bits per heavy atom. The van der Waals surface area contributed by atoms with Crippen molar-refractivity contribution in [3.63, 3.8) is 0 Å². The highest BCUT2D eigenvalue weighted by molar-refractivity contribution is 5.77. The highest BCUT2D eigenvalue weighted by Crippen LogP contribution is 2.24. The van der Waals surface area contributed by atoms with Crippen molar-refractivity contribution >= 4 is 11.6 Å². The Bertz CT molecular complexity index is 504. The molecule has 116 valence electrons. The number of anilines is 1. The number of hydrogen-bond donors (Lipinski definition) is 1. The molecule has 1 aromatic heterocycles. The monoisotopic (exact) mass is 292 g/mol. The van der Waals surface area contributed by atoms with Gasteiger partial charge in [-0.1, -0.05) is 0 Å². The molecule has 0 unspecified atom stereocenters. The molecule has 1 fully saturated rings. The predicted octanol–water partition coefficient (Wildman–Crippen LogP) is 0.575. The van der Waals surface area contributed by atoms with E-state index in [0.29, 0.717) is 19.7 Å². The summed E-state index contributed by atoms with van der Waals surface area (Å²) in [5, 5.41) is 2.66. The molecule has 0 bridgehead atoms. The Morgan fingerprint density at radius 2 is 2.29 bits per heavy atom. The highest BCUT2D eigenvalue weighted by atomic mass is 16.5. The molecule has 6 heteroatoms. The molecular formula is C15H24N4O2. The lowest BCUT2D eigenvalue weighted by Crippen LogP contribution is -2.43. The number of aromatic nitrogens is 1. The van der Waals surface area contributed by atoms with Crippen LogP contribution in [0.1, 0.15) is 17.5 Å². The van der Waals surface area contributed by atoms with Crippen LogP contribution in [0.15, 0.2) is 12.1 Å². The van der Waals surface area contributed by atoms with Gasteiger partial charge in [-0.2, -0.15) is 0 Å². The van der Waals surface area contributed by atoms with Crippen LogP contribution in [0.25, 0.3) is 0 Å². The Labute approximate surface area is 126 Å². The first-order valence-corrected chi connectivity index (χ1v) is 7.20. The first-order chi connectivity index (χ1) is 9.99. The number of aryl methyl sites for hydroxylation is 1. The van der Waals surface area contributed by atoms with Crippen molar-refractivity contribution in [2.24, 2.45) is 0 Å². The van der Waals surface area contributed by atoms with Crippen molar-refractivity contribution in [1.29, 1.82) is 0 Å². The van der Waals surface area contributed by atoms with Gasteiger partial charge in [0, 0.05) is 45.6 Å². The minimum atomic E-state index is -0.0815. The minimum absolute atomic E-state index is 0.0295. The maximum absolute atomic E-state index is 11.5. The molecule has 1 saturated heterocycles. The number of carbonyl (C=O) groups excluding carboxylic acids is 1. The van der Waals surface area contributed by atoms with Gasteiger partial charge in [0.15, 0.2) is 0 Å². The van der Waals surface area contributed by atoms with E-state index < -0.39 is 0 Å². The van der Waals surface area contributed by atoms with Crippen molar-refractivity contribution in [2.75, 3.05) is 52.3 Å². The van der Waals surface area contributed by atoms with E-state index in [1.54, 1.807) is 7.05 Å². The van der Waals surface area contributed by atoms with Gasteiger partial charge in [-0.15, -0.1) is 0 Å². The van der Waals surface area contributed by atoms with Gasteiger partial charge in [0.2, 0.25) is 5.91 Å². The number of rotatable bonds is 4. The van der Waals surface area contributed by atoms with Gasteiger partial charge in [0.25, 0.3) is 0 Å². The molecule has 6 nitrogen and oxygen atoms in total. The second-order valence-corrected chi connectivity index (χ2v) is 5.55. The summed E-state index contributed by atoms with van der Waals surface area (Å²) in [4.78, 5) is 20.3. The Kier molecular flexibility index (Phi) is 5.14. The molecule has 2 rings (SSSR count). The summed E-state index contributed by atoms with van der Waals surface area (Å²) >= 11 is 0. The van der Waals surface area contributed by atoms with Crippen LogP contribution < -0.4 is 10.2 Å². The largest absolute Gasteiger partial charge is 0.378 e. The summed E-state index contributed by atoms with van der Waals surface area (Å²) in [5.41, 5.74) is 3.02. The van der Waals surface area contributed by atoms with Crippen LogP contribution >= 0.6 is 0 Å². The second-order valence-electron chi connectivity index (χ2n) is 5.55. The maximum Gasteiger partial charge on any atom is 0.233 e. The van der Waals surface area contributed by atoms with E-state index >= 15 is 0 Å². The van der Waals surface area contributed by atoms with Gasteiger partial charge in [-0.05, 0) is 19.1 Å². The number of morpholine rings is 1. The summed E-state index contributed by atoms with van der Waals surface area (Å²) in [7, 11) is 5.68. The van der Waals surface area contributed by atoms with Crippen LogP contribution in [0.2, 0.25) is 0 Å². The first kappa shape index (κ1) is 15.7. The Hall–Kier alpha value is -1.66. The van der Waals surface area contributed by atoms with Gasteiger partial charge in [0.1, 0.15) is 6.10 Å². The zero-order chi connectivity index (χ0) is 15.4. The Morgan fingerprint density at radius 3 is 2.95 bits per heavy atom. The summed E-state index contributed by atoms with van der Waals surface area (Å²) < 4.78 is 5.84. The third-order valence-corrected chi connectivity index (χ3v) is 3.60. The molecule has 0 aliphatic carbocycles. The molecule has 21 heavy (non-hydrogen) atoms. The fraction of sp³-hybridized carbons (Fsp3) is 0.600. The van der Waals surface area contributed by atoms with Gasteiger partial charge < -0.3 is 15.0 Å². The van der Waals surface area contributed by atoms with Gasteiger partial charge in [-0.25, -0.2) is 0 Å². The first-order valence-electron chi connectivity index (χ1n) is 7.20. The molecule has 1 aliphatic heterocycles. The van der Waals surface area contributed by atoms with E-state index in [2.05, 4.69) is 32.2 Å². The molecule has 1 aliphatic rings. The molecule has 0 spiro atoms. The highest BCUT2D eigenvalue weighted by Gasteiger charge is 2.24. The van der Waals surface area contributed by atoms with Crippen LogP contribution in [0, 0.1) is 6.92 Å². The second kappa shape index (κ2) is 6.87. The lowest BCUT2D eigenvalue weighted by Gasteiger charge is -2.32. The maximum atomic E-state index is 11.5. The fourth-order valence-corrected chi connectivity index (χ4v) is 2.41. The predicted molar refractivity (Wildman–Crippen MR) is 82.5 cm³/mol. The van der Waals surface area contributed by atoms with Crippen molar-refractivity contribution in [3.8, 4) is 0 Å². The molecule has 2 heterocycles. The molecule has 1 aromatic rings. The van der Waals surface area contributed by atoms with Crippen LogP contribution in [-0.2, 0) is 9.53 Å². The number of amides is 1. The standard InChI is InChI=1S/C15H24N4O2/c1-11-7-12(18(3)4)8-13(17-11)14-9-19(5-6-21-14)10-15(20)16-2/h7-8,14H,5-6,9-10H2,1-4H3,(H,16,20)/t14-/m0/s1. The third kappa shape index (κ3) is 4.15. The van der Waals surface area contributed by atoms with Crippen molar-refractivity contribution < 1.29 is 9.53 Å². The normalized spacial score (nSPS) is 19.3. The van der Waals surface area contributed by atoms with Crippen molar-refractivity contribution in [3.05, 3.63) is 23.5 Å². The number of ether oxygens (including phenoxy) is 1. The zero-order valence-electron chi connectivity index (χ0n) is 13.2. The lowest BCUT2D eigenvalue weighted by atomic mass is 10.1. The minimum Gasteiger partial charge on any atom is -0.378 e. The van der Waals surface area contributed by atoms with Crippen molar-refractivity contribution in [2.45, 2.75) is 13.0 Å². The smallest absolute Gasteiger partial charge is 0.233 e. The van der Waals surface area contributed by atoms with E-state index in [0.717, 1.165) is 23.6 Å². The van der Waals surface area contributed by atoms with Crippen LogP contribution in [0.3, 0.4) is 0 Å². The number of hydrogen-bond acceptors (Lipinski definition) is 5. The van der Waals surface area contributed by atoms with Crippen LogP contribution in [-0.4, -0.2) is 63.2 Å². The quantitative estimate of drug-likeness (QED) is 0.879. The van der Waals surface area contributed by atoms with E-state index in [1.165, 1.54) is 0 Å². The molecule has 0 aromatic carbocycles. The summed E-state index contributed by atoms with van der Waals surface area (Å²) in [6, 6.07) is 4.11. The van der Waals surface area contributed by atoms with E-state index in [4.69, 9.17) is 4.74 Å². The Balaban J connectivity index is 2.12. The number of likely N-dealkylation sites (N-methyl/N-ethyl adjacent to an activating group) is 1. The summed E-state index contributed by atoms with van der Waals surface area (Å²) in [6.45, 7) is 4.48. The van der Waals surface area contributed by atoms with Crippen LogP contribution in [0.4, 0.5) is 5.69 Å². The van der Waals surface area contributed by atoms with Gasteiger partial charge in [-0.3, -0.25) is 14.7 Å². The average molecular weight is 292 g/mol. The summed E-state index contributed by atoms with van der Waals surface area (Å²) in [6.07, 6.45) is -0.0815. The fourth-order valence-electron chi connectivity index (χ4n) is 2.41. The van der Waals surface area contributed by atoms with Crippen LogP contribution in [0.5, 0.6) is 0 Å². The van der Waals surface area contributed by atoms with E-state index in [9.17, 15) is 4.79 Å². The third-order valence-electron chi connectivity index (χ3n) is 3.60. The zero-order valence-corrected chi connectivity index (χ0v) is 13.2. The van der Waals surface area contributed by atoms with Gasteiger partial charge >= 0.3 is 0 Å². The molecule has 0 saturated carbocycles. The number of carbonyl (C=O) groups is 1. The number of nitrogens with one attached hydrogen (secondary N) is 1. The van der Waals surface area contributed by atoms with E-state index in [1.807, 2.05) is 21.0 Å². The molecular weight excluding hydrogens is 268 g/mol. The molecule has 1 atom stereocenters. The van der Waals surface area contributed by atoms with Gasteiger partial charge in [0.05, 0.1) is 18.8 Å². The topological polar surface area (TPSA) is 57.7 Å². The molecule has 1 amide bonds. The van der Waals surface area contributed by atoms with Crippen molar-refractivity contribution in [1.82, 2.24) is 15.2 Å². The SMILES string of the molecule is CNC(=O)CN1CCO[C@H](c2cc(N(C)C)cc(C)n2)C1. The summed E-state index contributed by atoms with van der Waals surface area (Å²) in [5.74, 6) is 0.0295. The molecule has 1 N–H and O–H groups in total. The average Bonchev–Trinajstić information content (AvgIpc) is 2.46. The number of nitrogens with zero attached hydrogens (tertiary/aromatic N) is 3.